The molecule has 1 amide bonds. The number of nitrogens with one attached hydrogen (secondary N) is 1. The van der Waals surface area contributed by atoms with Gasteiger partial charge in [0.2, 0.25) is 5.91 Å². The minimum absolute atomic E-state index is 0.234. The summed E-state index contributed by atoms with van der Waals surface area (Å²) in [5.74, 6) is -0.751. The Balaban J connectivity index is 2.53. The molecule has 0 radical (unpaired) electrons. The maximum Gasteiger partial charge on any atom is 0.295 e. The van der Waals surface area contributed by atoms with Crippen LogP contribution in [0.3, 0.4) is 0 Å². The standard InChI is InChI=1S/C14H13NO5S/c1-9(16)8-14(17)15-12-6-7-13(21(18,19)20)11-5-3-2-4-10(11)12/h2-7H,8H2,1H3,(H,15,17)(H,18,19,20). The first-order valence-electron chi connectivity index (χ1n) is 6.07. The monoisotopic (exact) mass is 307 g/mol. The van der Waals surface area contributed by atoms with Crippen molar-refractivity contribution in [2.75, 3.05) is 5.32 Å². The van der Waals surface area contributed by atoms with E-state index in [1.165, 1.54) is 25.1 Å². The largest absolute Gasteiger partial charge is 0.325 e. The number of benzene rings is 2. The van der Waals surface area contributed by atoms with Crippen molar-refractivity contribution < 1.29 is 22.6 Å². The highest BCUT2D eigenvalue weighted by Gasteiger charge is 2.16. The lowest BCUT2D eigenvalue weighted by atomic mass is 10.1. The number of hydrogen-bond acceptors (Lipinski definition) is 4. The summed E-state index contributed by atoms with van der Waals surface area (Å²) in [5.41, 5.74) is 0.379. The number of ketones is 1. The molecule has 0 bridgehead atoms. The number of amides is 1. The summed E-state index contributed by atoms with van der Waals surface area (Å²) >= 11 is 0. The van der Waals surface area contributed by atoms with Crippen LogP contribution in [0.1, 0.15) is 13.3 Å². The summed E-state index contributed by atoms with van der Waals surface area (Å²) in [6.45, 7) is 1.30. The molecule has 0 saturated carbocycles. The molecule has 2 rings (SSSR count). The fourth-order valence-electron chi connectivity index (χ4n) is 2.03. The van der Waals surface area contributed by atoms with Crippen LogP contribution in [0.15, 0.2) is 41.3 Å². The molecule has 0 unspecified atom stereocenters. The van der Waals surface area contributed by atoms with Gasteiger partial charge in [-0.1, -0.05) is 24.3 Å². The second-order valence-electron chi connectivity index (χ2n) is 4.56. The highest BCUT2D eigenvalue weighted by atomic mass is 32.2. The molecule has 2 N–H and O–H groups in total. The van der Waals surface area contributed by atoms with E-state index in [-0.39, 0.29) is 17.1 Å². The van der Waals surface area contributed by atoms with Gasteiger partial charge in [0.15, 0.2) is 0 Å². The minimum atomic E-state index is -4.36. The molecule has 0 spiro atoms. The summed E-state index contributed by atoms with van der Waals surface area (Å²) in [5, 5.41) is 3.31. The molecule has 2 aromatic rings. The number of hydrogen-bond donors (Lipinski definition) is 2. The van der Waals surface area contributed by atoms with Crippen LogP contribution in [-0.2, 0) is 19.7 Å². The molecule has 110 valence electrons. The van der Waals surface area contributed by atoms with Gasteiger partial charge in [-0.05, 0) is 19.1 Å². The Hall–Kier alpha value is -2.25. The zero-order valence-electron chi connectivity index (χ0n) is 11.2. The summed E-state index contributed by atoms with van der Waals surface area (Å²) in [6.07, 6.45) is -0.256. The molecule has 0 aliphatic carbocycles. The summed E-state index contributed by atoms with van der Waals surface area (Å²) in [6, 6.07) is 9.03. The third-order valence-electron chi connectivity index (χ3n) is 2.85. The van der Waals surface area contributed by atoms with E-state index in [0.717, 1.165) is 0 Å². The Morgan fingerprint density at radius 2 is 1.71 bits per heavy atom. The van der Waals surface area contributed by atoms with E-state index in [0.29, 0.717) is 16.5 Å². The number of anilines is 1. The summed E-state index contributed by atoms with van der Waals surface area (Å²) in [4.78, 5) is 22.3. The van der Waals surface area contributed by atoms with Crippen LogP contribution < -0.4 is 5.32 Å². The molecular weight excluding hydrogens is 294 g/mol. The van der Waals surface area contributed by atoms with Crippen molar-refractivity contribution in [3.8, 4) is 0 Å². The average Bonchev–Trinajstić information content (AvgIpc) is 2.36. The van der Waals surface area contributed by atoms with Crippen LogP contribution in [0.25, 0.3) is 10.8 Å². The zero-order chi connectivity index (χ0) is 15.6. The van der Waals surface area contributed by atoms with Crippen LogP contribution in [0.4, 0.5) is 5.69 Å². The lowest BCUT2D eigenvalue weighted by molar-refractivity contribution is -0.124. The van der Waals surface area contributed by atoms with E-state index in [9.17, 15) is 22.6 Å². The van der Waals surface area contributed by atoms with Crippen LogP contribution in [0.2, 0.25) is 0 Å². The van der Waals surface area contributed by atoms with Crippen molar-refractivity contribution in [1.29, 1.82) is 0 Å². The van der Waals surface area contributed by atoms with Gasteiger partial charge in [-0.15, -0.1) is 0 Å². The number of fused-ring (bicyclic) bond motifs is 1. The maximum atomic E-state index is 11.6. The molecule has 0 heterocycles. The molecule has 0 aliphatic rings. The fraction of sp³-hybridized carbons (Fsp3) is 0.143. The van der Waals surface area contributed by atoms with Crippen molar-refractivity contribution in [3.63, 3.8) is 0 Å². The van der Waals surface area contributed by atoms with Gasteiger partial charge >= 0.3 is 0 Å². The average molecular weight is 307 g/mol. The molecule has 0 saturated heterocycles. The quantitative estimate of drug-likeness (QED) is 0.664. The second-order valence-corrected chi connectivity index (χ2v) is 5.95. The smallest absolute Gasteiger partial charge is 0.295 e. The maximum absolute atomic E-state index is 11.6. The van der Waals surface area contributed by atoms with Gasteiger partial charge < -0.3 is 5.32 Å². The molecule has 0 atom stereocenters. The number of rotatable bonds is 4. The predicted molar refractivity (Wildman–Crippen MR) is 77.7 cm³/mol. The molecule has 0 fully saturated rings. The highest BCUT2D eigenvalue weighted by Crippen LogP contribution is 2.29. The summed E-state index contributed by atoms with van der Waals surface area (Å²) in [7, 11) is -4.36. The van der Waals surface area contributed by atoms with Crippen molar-refractivity contribution >= 4 is 38.3 Å². The van der Waals surface area contributed by atoms with Crippen molar-refractivity contribution in [2.45, 2.75) is 18.2 Å². The van der Waals surface area contributed by atoms with E-state index in [1.54, 1.807) is 18.2 Å². The normalized spacial score (nSPS) is 11.3. The first-order valence-corrected chi connectivity index (χ1v) is 7.51. The van der Waals surface area contributed by atoms with E-state index < -0.39 is 16.0 Å². The molecule has 0 aromatic heterocycles. The Labute approximate surface area is 121 Å². The van der Waals surface area contributed by atoms with Crippen LogP contribution in [0.5, 0.6) is 0 Å². The molecule has 7 heteroatoms. The lowest BCUT2D eigenvalue weighted by Crippen LogP contribution is -2.15. The van der Waals surface area contributed by atoms with Crippen LogP contribution in [0, 0.1) is 0 Å². The van der Waals surface area contributed by atoms with Gasteiger partial charge in [-0.3, -0.25) is 14.1 Å². The van der Waals surface area contributed by atoms with Crippen molar-refractivity contribution in [1.82, 2.24) is 0 Å². The van der Waals surface area contributed by atoms with Gasteiger partial charge in [-0.2, -0.15) is 8.42 Å². The first kappa shape index (κ1) is 15.1. The van der Waals surface area contributed by atoms with Crippen LogP contribution >= 0.6 is 0 Å². The van der Waals surface area contributed by atoms with Gasteiger partial charge in [0.25, 0.3) is 10.1 Å². The molecule has 21 heavy (non-hydrogen) atoms. The number of carbonyl (C=O) groups is 2. The third kappa shape index (κ3) is 3.45. The summed E-state index contributed by atoms with van der Waals surface area (Å²) < 4.78 is 31.9. The number of carbonyl (C=O) groups excluding carboxylic acids is 2. The van der Waals surface area contributed by atoms with E-state index in [1.807, 2.05) is 0 Å². The van der Waals surface area contributed by atoms with Crippen LogP contribution in [-0.4, -0.2) is 24.7 Å². The molecule has 6 nitrogen and oxygen atoms in total. The zero-order valence-corrected chi connectivity index (χ0v) is 12.0. The van der Waals surface area contributed by atoms with Crippen molar-refractivity contribution in [2.24, 2.45) is 0 Å². The van der Waals surface area contributed by atoms with Gasteiger partial charge in [0, 0.05) is 16.5 Å². The second kappa shape index (κ2) is 5.63. The lowest BCUT2D eigenvalue weighted by Gasteiger charge is -2.10. The topological polar surface area (TPSA) is 101 Å². The fourth-order valence-corrected chi connectivity index (χ4v) is 2.72. The predicted octanol–water partition coefficient (Wildman–Crippen LogP) is 2.00. The van der Waals surface area contributed by atoms with Gasteiger partial charge in [0.05, 0.1) is 6.42 Å². The molecule has 2 aromatic carbocycles. The SMILES string of the molecule is CC(=O)CC(=O)Nc1ccc(S(=O)(=O)O)c2ccccc12. The Morgan fingerprint density at radius 3 is 2.29 bits per heavy atom. The van der Waals surface area contributed by atoms with Gasteiger partial charge in [-0.25, -0.2) is 0 Å². The third-order valence-corrected chi connectivity index (χ3v) is 3.76. The molecule has 0 aliphatic heterocycles. The number of Topliss-reactive ketones (excluding diaryl/α,β-unsaturated/α-hetero) is 1. The van der Waals surface area contributed by atoms with Crippen molar-refractivity contribution in [3.05, 3.63) is 36.4 Å². The highest BCUT2D eigenvalue weighted by molar-refractivity contribution is 7.86. The molecular formula is C14H13NO5S. The van der Waals surface area contributed by atoms with E-state index in [2.05, 4.69) is 5.32 Å². The van der Waals surface area contributed by atoms with E-state index in [4.69, 9.17) is 0 Å². The Kier molecular flexibility index (Phi) is 4.06. The van der Waals surface area contributed by atoms with E-state index >= 15 is 0 Å². The Bertz CT molecular complexity index is 826. The minimum Gasteiger partial charge on any atom is -0.325 e. The van der Waals surface area contributed by atoms with Gasteiger partial charge in [0.1, 0.15) is 10.7 Å². The first-order chi connectivity index (χ1) is 9.79. The Morgan fingerprint density at radius 1 is 1.10 bits per heavy atom.